The number of β-amino-alcohol motifs (C(OH)–C–C–N with tert-alkyl or cyclic N) is 1. The molecule has 0 amide bonds. The minimum absolute atomic E-state index is 0.0464. The third kappa shape index (κ3) is 5.31. The maximum atomic E-state index is 12.6. The van der Waals surface area contributed by atoms with E-state index in [1.54, 1.807) is 24.3 Å². The van der Waals surface area contributed by atoms with E-state index in [4.69, 9.17) is 16.3 Å². The highest BCUT2D eigenvalue weighted by Crippen LogP contribution is 2.23. The summed E-state index contributed by atoms with van der Waals surface area (Å²) in [5.41, 5.74) is 0.726. The van der Waals surface area contributed by atoms with Gasteiger partial charge in [-0.05, 0) is 62.3 Å². The topological polar surface area (TPSA) is 49.8 Å². The van der Waals surface area contributed by atoms with Gasteiger partial charge in [0.05, 0.1) is 0 Å². The number of Topliss-reactive ketones (excluding diaryl/α,β-unsaturated/α-hetero) is 1. The van der Waals surface area contributed by atoms with Crippen molar-refractivity contribution in [3.63, 3.8) is 0 Å². The van der Waals surface area contributed by atoms with Gasteiger partial charge in [-0.3, -0.25) is 4.79 Å². The van der Waals surface area contributed by atoms with Crippen molar-refractivity contribution >= 4 is 17.4 Å². The summed E-state index contributed by atoms with van der Waals surface area (Å²) in [4.78, 5) is 14.8. The Balaban J connectivity index is 1.41. The fourth-order valence-electron chi connectivity index (χ4n) is 3.29. The van der Waals surface area contributed by atoms with Crippen LogP contribution in [0.25, 0.3) is 0 Å². The molecule has 4 nitrogen and oxygen atoms in total. The van der Waals surface area contributed by atoms with Crippen molar-refractivity contribution in [3.8, 4) is 5.75 Å². The zero-order valence-corrected chi connectivity index (χ0v) is 15.4. The van der Waals surface area contributed by atoms with Crippen molar-refractivity contribution in [2.75, 3.05) is 26.2 Å². The summed E-state index contributed by atoms with van der Waals surface area (Å²) in [7, 11) is 0. The predicted molar refractivity (Wildman–Crippen MR) is 103 cm³/mol. The lowest BCUT2D eigenvalue weighted by atomic mass is 9.89. The zero-order valence-electron chi connectivity index (χ0n) is 14.7. The predicted octanol–water partition coefficient (Wildman–Crippen LogP) is 3.67. The second kappa shape index (κ2) is 9.17. The summed E-state index contributed by atoms with van der Waals surface area (Å²) in [5, 5.41) is 10.8. The highest BCUT2D eigenvalue weighted by molar-refractivity contribution is 6.30. The van der Waals surface area contributed by atoms with Crippen molar-refractivity contribution in [1.82, 2.24) is 4.90 Å². The Hall–Kier alpha value is -1.88. The molecule has 1 unspecified atom stereocenters. The number of ether oxygens (including phenoxy) is 1. The highest BCUT2D eigenvalue weighted by Gasteiger charge is 2.26. The molecule has 1 heterocycles. The van der Waals surface area contributed by atoms with Gasteiger partial charge >= 0.3 is 0 Å². The lowest BCUT2D eigenvalue weighted by Crippen LogP contribution is -2.42. The number of ketones is 1. The van der Waals surface area contributed by atoms with Crippen molar-refractivity contribution in [3.05, 3.63) is 65.2 Å². The molecular formula is C21H24ClNO3. The maximum Gasteiger partial charge on any atom is 0.166 e. The number of aliphatic hydroxyl groups is 1. The number of nitrogens with zero attached hydrogens (tertiary/aromatic N) is 1. The molecule has 2 aromatic rings. The number of halogens is 1. The van der Waals surface area contributed by atoms with Crippen LogP contribution in [-0.4, -0.2) is 48.1 Å². The van der Waals surface area contributed by atoms with E-state index in [0.29, 0.717) is 11.6 Å². The van der Waals surface area contributed by atoms with E-state index in [1.807, 2.05) is 30.3 Å². The molecule has 0 aliphatic carbocycles. The van der Waals surface area contributed by atoms with Gasteiger partial charge in [-0.25, -0.2) is 0 Å². The number of piperidine rings is 1. The van der Waals surface area contributed by atoms with Crippen LogP contribution in [0.4, 0.5) is 0 Å². The molecule has 26 heavy (non-hydrogen) atoms. The third-order valence-corrected chi connectivity index (χ3v) is 4.99. The van der Waals surface area contributed by atoms with Crippen LogP contribution in [0.5, 0.6) is 5.75 Å². The first-order valence-electron chi connectivity index (χ1n) is 9.00. The normalized spacial score (nSPS) is 17.0. The monoisotopic (exact) mass is 373 g/mol. The van der Waals surface area contributed by atoms with Crippen molar-refractivity contribution in [2.45, 2.75) is 18.9 Å². The molecule has 1 fully saturated rings. The Labute approximate surface area is 159 Å². The highest BCUT2D eigenvalue weighted by atomic mass is 35.5. The third-order valence-electron chi connectivity index (χ3n) is 4.74. The van der Waals surface area contributed by atoms with Gasteiger partial charge in [0.1, 0.15) is 18.5 Å². The molecular weight excluding hydrogens is 350 g/mol. The van der Waals surface area contributed by atoms with Gasteiger partial charge in [0.25, 0.3) is 0 Å². The number of benzene rings is 2. The number of likely N-dealkylation sites (tertiary alicyclic amines) is 1. The van der Waals surface area contributed by atoms with Crippen molar-refractivity contribution < 1.29 is 14.6 Å². The van der Waals surface area contributed by atoms with Gasteiger partial charge in [-0.1, -0.05) is 29.8 Å². The average Bonchev–Trinajstić information content (AvgIpc) is 2.68. The molecule has 1 aliphatic heterocycles. The van der Waals surface area contributed by atoms with Gasteiger partial charge in [0.2, 0.25) is 0 Å². The lowest BCUT2D eigenvalue weighted by Gasteiger charge is -2.32. The molecule has 1 atom stereocenters. The molecule has 0 radical (unpaired) electrons. The first-order valence-corrected chi connectivity index (χ1v) is 9.37. The Morgan fingerprint density at radius 2 is 1.77 bits per heavy atom. The number of hydrogen-bond donors (Lipinski definition) is 1. The fourth-order valence-corrected chi connectivity index (χ4v) is 3.41. The van der Waals surface area contributed by atoms with E-state index < -0.39 is 6.10 Å². The van der Waals surface area contributed by atoms with Gasteiger partial charge in [-0.15, -0.1) is 0 Å². The molecule has 2 aromatic carbocycles. The van der Waals surface area contributed by atoms with Crippen LogP contribution in [0.3, 0.4) is 0 Å². The second-order valence-electron chi connectivity index (χ2n) is 6.72. The Morgan fingerprint density at radius 3 is 2.42 bits per heavy atom. The molecule has 1 N–H and O–H groups in total. The van der Waals surface area contributed by atoms with E-state index >= 15 is 0 Å². The molecule has 0 spiro atoms. The minimum Gasteiger partial charge on any atom is -0.491 e. The molecule has 1 saturated heterocycles. The molecule has 5 heteroatoms. The van der Waals surface area contributed by atoms with E-state index in [0.717, 1.165) is 37.2 Å². The van der Waals surface area contributed by atoms with E-state index in [-0.39, 0.29) is 18.3 Å². The second-order valence-corrected chi connectivity index (χ2v) is 7.16. The van der Waals surface area contributed by atoms with Crippen LogP contribution in [0.15, 0.2) is 54.6 Å². The van der Waals surface area contributed by atoms with E-state index in [9.17, 15) is 9.90 Å². The van der Waals surface area contributed by atoms with E-state index in [2.05, 4.69) is 4.90 Å². The van der Waals surface area contributed by atoms with Gasteiger partial charge < -0.3 is 14.7 Å². The summed E-state index contributed by atoms with van der Waals surface area (Å²) in [5.74, 6) is 0.998. The van der Waals surface area contributed by atoms with E-state index in [1.165, 1.54) is 0 Å². The summed E-state index contributed by atoms with van der Waals surface area (Å²) in [6.45, 7) is 2.46. The number of rotatable bonds is 7. The van der Waals surface area contributed by atoms with Crippen LogP contribution in [0.1, 0.15) is 23.2 Å². The summed E-state index contributed by atoms with van der Waals surface area (Å²) in [6, 6.07) is 16.6. The summed E-state index contributed by atoms with van der Waals surface area (Å²) in [6.07, 6.45) is 1.08. The summed E-state index contributed by atoms with van der Waals surface area (Å²) < 4.78 is 5.59. The van der Waals surface area contributed by atoms with Crippen LogP contribution >= 0.6 is 11.6 Å². The molecule has 3 rings (SSSR count). The molecule has 0 bridgehead atoms. The molecule has 0 saturated carbocycles. The Bertz CT molecular complexity index is 697. The van der Waals surface area contributed by atoms with Crippen molar-refractivity contribution in [1.29, 1.82) is 0 Å². The van der Waals surface area contributed by atoms with Crippen molar-refractivity contribution in [2.24, 2.45) is 5.92 Å². The van der Waals surface area contributed by atoms with Crippen LogP contribution in [0.2, 0.25) is 5.02 Å². The molecule has 138 valence electrons. The number of carbonyl (C=O) groups excluding carboxylic acids is 1. The number of aliphatic hydroxyl groups excluding tert-OH is 1. The average molecular weight is 374 g/mol. The Morgan fingerprint density at radius 1 is 1.12 bits per heavy atom. The minimum atomic E-state index is -0.543. The largest absolute Gasteiger partial charge is 0.491 e. The SMILES string of the molecule is O=C(c1ccc(Cl)cc1)C1CCN(CC(O)COc2ccccc2)CC1. The number of hydrogen-bond acceptors (Lipinski definition) is 4. The van der Waals surface area contributed by atoms with Gasteiger partial charge in [0, 0.05) is 23.0 Å². The van der Waals surface area contributed by atoms with Crippen LogP contribution < -0.4 is 4.74 Å². The smallest absolute Gasteiger partial charge is 0.166 e. The molecule has 0 aromatic heterocycles. The first kappa shape index (κ1) is 18.9. The number of carbonyl (C=O) groups is 1. The number of para-hydroxylation sites is 1. The summed E-state index contributed by atoms with van der Waals surface area (Å²) >= 11 is 5.88. The standard InChI is InChI=1S/C21H24ClNO3/c22-18-8-6-16(7-9-18)21(25)17-10-12-23(13-11-17)14-19(24)15-26-20-4-2-1-3-5-20/h1-9,17,19,24H,10-15H2. The molecule has 1 aliphatic rings. The Kier molecular flexibility index (Phi) is 6.67. The quantitative estimate of drug-likeness (QED) is 0.752. The maximum absolute atomic E-state index is 12.6. The first-order chi connectivity index (χ1) is 12.6. The van der Waals surface area contributed by atoms with Gasteiger partial charge in [0.15, 0.2) is 5.78 Å². The van der Waals surface area contributed by atoms with Gasteiger partial charge in [-0.2, -0.15) is 0 Å². The zero-order chi connectivity index (χ0) is 18.4. The fraction of sp³-hybridized carbons (Fsp3) is 0.381. The lowest BCUT2D eigenvalue weighted by molar-refractivity contribution is 0.0524. The van der Waals surface area contributed by atoms with Crippen LogP contribution in [0, 0.1) is 5.92 Å². The van der Waals surface area contributed by atoms with Crippen LogP contribution in [-0.2, 0) is 0 Å².